The van der Waals surface area contributed by atoms with E-state index in [0.717, 1.165) is 13.0 Å². The smallest absolute Gasteiger partial charge is 0.462 e. The summed E-state index contributed by atoms with van der Waals surface area (Å²) in [7, 11) is -0.640. The molecule has 2 aromatic heterocycles. The van der Waals surface area contributed by atoms with Crippen LogP contribution >= 0.6 is 8.18 Å². The Morgan fingerprint density at radius 2 is 2.17 bits per heavy atom. The van der Waals surface area contributed by atoms with E-state index in [0.29, 0.717) is 17.0 Å². The van der Waals surface area contributed by atoms with Gasteiger partial charge in [-0.3, -0.25) is 9.36 Å². The molecule has 0 aliphatic carbocycles. The number of imidazole rings is 1. The molecular weight excluding hydrogens is 480 g/mol. The Bertz CT molecular complexity index is 1070. The Balaban J connectivity index is 1.70. The minimum Gasteiger partial charge on any atom is -0.462 e. The molecule has 0 radical (unpaired) electrons. The Labute approximate surface area is 204 Å². The summed E-state index contributed by atoms with van der Waals surface area (Å²) in [6.07, 6.45) is 1.38. The predicted octanol–water partition coefficient (Wildman–Crippen LogP) is 3.08. The highest BCUT2D eigenvalue weighted by Gasteiger charge is 2.49. The van der Waals surface area contributed by atoms with Crippen molar-refractivity contribution in [3.05, 3.63) is 6.33 Å². The summed E-state index contributed by atoms with van der Waals surface area (Å²) >= 11 is 0. The van der Waals surface area contributed by atoms with E-state index in [2.05, 4.69) is 27.0 Å². The van der Waals surface area contributed by atoms with Crippen LogP contribution in [0.15, 0.2) is 6.33 Å². The first-order chi connectivity index (χ1) is 16.4. The van der Waals surface area contributed by atoms with Gasteiger partial charge < -0.3 is 20.1 Å². The summed E-state index contributed by atoms with van der Waals surface area (Å²) < 4.78 is 45.3. The maximum atomic E-state index is 15.5. The minimum absolute atomic E-state index is 0.00534. The van der Waals surface area contributed by atoms with Crippen LogP contribution in [-0.4, -0.2) is 63.7 Å². The van der Waals surface area contributed by atoms with Crippen LogP contribution in [0.3, 0.4) is 0 Å². The lowest BCUT2D eigenvalue weighted by atomic mass is 10.1. The van der Waals surface area contributed by atoms with E-state index in [1.807, 2.05) is 18.9 Å². The third-order valence-corrected chi connectivity index (χ3v) is 6.42. The number of nitrogens with one attached hydrogen (secondary N) is 1. The summed E-state index contributed by atoms with van der Waals surface area (Å²) in [6, 6.07) is -0.879. The molecule has 0 saturated carbocycles. The quantitative estimate of drug-likeness (QED) is 0.337. The summed E-state index contributed by atoms with van der Waals surface area (Å²) in [6.45, 7) is 8.94. The van der Waals surface area contributed by atoms with Crippen molar-refractivity contribution < 1.29 is 27.7 Å². The van der Waals surface area contributed by atoms with Crippen molar-refractivity contribution in [2.75, 3.05) is 30.8 Å². The SMILES string of the molecule is CCCN(C)c1nc(N)nc2c1ncn2[C@@H]1O[C@](F)(CO[P+](=O)N[C@@H](C)C(=O)OC(C)C)C[C@@H]1C. The molecule has 3 rings (SSSR count). The second-order valence-electron chi connectivity index (χ2n) is 9.09. The fraction of sp³-hybridized carbons (Fsp3) is 0.714. The molecule has 14 heteroatoms. The molecule has 1 fully saturated rings. The van der Waals surface area contributed by atoms with Crippen LogP contribution in [0.4, 0.5) is 16.2 Å². The lowest BCUT2D eigenvalue weighted by Crippen LogP contribution is -2.34. The van der Waals surface area contributed by atoms with Crippen molar-refractivity contribution in [1.29, 1.82) is 0 Å². The molecule has 0 spiro atoms. The normalized spacial score (nSPS) is 23.6. The second-order valence-corrected chi connectivity index (χ2v) is 10.1. The molecule has 12 nitrogen and oxygen atoms in total. The van der Waals surface area contributed by atoms with Gasteiger partial charge >= 0.3 is 14.1 Å². The summed E-state index contributed by atoms with van der Waals surface area (Å²) in [5, 5.41) is 2.47. The number of esters is 1. The van der Waals surface area contributed by atoms with Gasteiger partial charge in [0.1, 0.15) is 12.3 Å². The summed E-state index contributed by atoms with van der Waals surface area (Å²) in [5.41, 5.74) is 6.91. The van der Waals surface area contributed by atoms with Gasteiger partial charge in [-0.15, -0.1) is 4.52 Å². The van der Waals surface area contributed by atoms with Gasteiger partial charge in [-0.1, -0.05) is 18.9 Å². The Morgan fingerprint density at radius 1 is 1.46 bits per heavy atom. The van der Waals surface area contributed by atoms with E-state index in [-0.39, 0.29) is 24.4 Å². The lowest BCUT2D eigenvalue weighted by Gasteiger charge is -2.20. The molecule has 5 atom stereocenters. The van der Waals surface area contributed by atoms with Crippen molar-refractivity contribution >= 4 is 37.1 Å². The molecular formula is C21H34FN7O5P+. The molecule has 0 amide bonds. The molecule has 1 saturated heterocycles. The van der Waals surface area contributed by atoms with Gasteiger partial charge in [0.2, 0.25) is 11.8 Å². The topological polar surface area (TPSA) is 147 Å². The molecule has 1 aliphatic heterocycles. The number of aromatic nitrogens is 4. The molecule has 1 unspecified atom stereocenters. The minimum atomic E-state index is -2.53. The van der Waals surface area contributed by atoms with Crippen molar-refractivity contribution in [3.8, 4) is 0 Å². The number of hydrogen-bond acceptors (Lipinski definition) is 10. The highest BCUT2D eigenvalue weighted by atomic mass is 31.1. The van der Waals surface area contributed by atoms with Gasteiger partial charge in [0.25, 0.3) is 0 Å². The first-order valence-electron chi connectivity index (χ1n) is 11.6. The van der Waals surface area contributed by atoms with Crippen LogP contribution in [0.1, 0.15) is 53.7 Å². The molecule has 3 heterocycles. The van der Waals surface area contributed by atoms with Crippen LogP contribution in [0.25, 0.3) is 11.2 Å². The first kappa shape index (κ1) is 27.1. The van der Waals surface area contributed by atoms with E-state index in [1.165, 1.54) is 13.3 Å². The number of hydrogen-bond donors (Lipinski definition) is 2. The van der Waals surface area contributed by atoms with Crippen LogP contribution in [0, 0.1) is 5.92 Å². The lowest BCUT2D eigenvalue weighted by molar-refractivity contribution is -0.172. The van der Waals surface area contributed by atoms with E-state index in [4.69, 9.17) is 19.7 Å². The van der Waals surface area contributed by atoms with Gasteiger partial charge in [0, 0.05) is 25.9 Å². The van der Waals surface area contributed by atoms with Crippen molar-refractivity contribution in [2.24, 2.45) is 5.92 Å². The van der Waals surface area contributed by atoms with Gasteiger partial charge in [0.15, 0.2) is 23.6 Å². The number of nitrogens with zero attached hydrogens (tertiary/aromatic N) is 5. The fourth-order valence-electron chi connectivity index (χ4n) is 3.94. The number of nitrogen functional groups attached to an aromatic ring is 1. The third kappa shape index (κ3) is 6.40. The standard InChI is InChI=1S/C21H34FN7O5P/c1-7-8-28(6)16-15-17(26-20(23)25-16)29(11-24-15)18-13(4)9-21(22,34-18)10-32-35(31)27-14(5)19(30)33-12(2)3/h11-14,18H,7-10H2,1-6H3,(H,27,31)(H2,23,25,26)/q+1/t13-,14-,18+,21-/m0/s1. The van der Waals surface area contributed by atoms with Crippen molar-refractivity contribution in [1.82, 2.24) is 24.6 Å². The van der Waals surface area contributed by atoms with E-state index < -0.39 is 38.9 Å². The van der Waals surface area contributed by atoms with Crippen LogP contribution in [-0.2, 0) is 23.4 Å². The highest BCUT2D eigenvalue weighted by molar-refractivity contribution is 7.36. The first-order valence-corrected chi connectivity index (χ1v) is 12.8. The number of fused-ring (bicyclic) bond motifs is 1. The van der Waals surface area contributed by atoms with Crippen molar-refractivity contribution in [2.45, 2.75) is 71.7 Å². The van der Waals surface area contributed by atoms with Crippen LogP contribution in [0.5, 0.6) is 0 Å². The Hall–Kier alpha value is -2.47. The van der Waals surface area contributed by atoms with Crippen LogP contribution < -0.4 is 15.7 Å². The Kier molecular flexibility index (Phi) is 8.58. The van der Waals surface area contributed by atoms with E-state index >= 15 is 4.39 Å². The zero-order chi connectivity index (χ0) is 25.9. The molecule has 35 heavy (non-hydrogen) atoms. The fourth-order valence-corrected chi connectivity index (χ4v) is 4.74. The maximum absolute atomic E-state index is 15.5. The number of halogens is 1. The molecule has 194 valence electrons. The third-order valence-electron chi connectivity index (χ3n) is 5.46. The maximum Gasteiger partial charge on any atom is 0.614 e. The highest BCUT2D eigenvalue weighted by Crippen LogP contribution is 2.44. The summed E-state index contributed by atoms with van der Waals surface area (Å²) in [4.78, 5) is 26.9. The number of carbonyl (C=O) groups excluding carboxylic acids is 1. The predicted molar refractivity (Wildman–Crippen MR) is 128 cm³/mol. The molecule has 0 bridgehead atoms. The average molecular weight is 515 g/mol. The number of nitrogens with two attached hydrogens (primary N) is 1. The van der Waals surface area contributed by atoms with E-state index in [1.54, 1.807) is 18.4 Å². The molecule has 3 N–H and O–H groups in total. The largest absolute Gasteiger partial charge is 0.614 e. The van der Waals surface area contributed by atoms with Gasteiger partial charge in [-0.25, -0.2) is 9.37 Å². The zero-order valence-electron chi connectivity index (χ0n) is 20.9. The zero-order valence-corrected chi connectivity index (χ0v) is 21.8. The van der Waals surface area contributed by atoms with Gasteiger partial charge in [-0.05, 0) is 31.8 Å². The monoisotopic (exact) mass is 514 g/mol. The second kappa shape index (κ2) is 11.1. The number of alkyl halides is 1. The van der Waals surface area contributed by atoms with Crippen LogP contribution in [0.2, 0.25) is 0 Å². The molecule has 1 aliphatic rings. The number of ether oxygens (including phenoxy) is 2. The average Bonchev–Trinajstić information content (AvgIpc) is 3.31. The van der Waals surface area contributed by atoms with Gasteiger partial charge in [0.05, 0.1) is 12.4 Å². The number of anilines is 2. The number of rotatable bonds is 11. The van der Waals surface area contributed by atoms with E-state index in [9.17, 15) is 9.36 Å². The molecule has 0 aromatic carbocycles. The Morgan fingerprint density at radius 3 is 2.83 bits per heavy atom. The molecule has 2 aromatic rings. The summed E-state index contributed by atoms with van der Waals surface area (Å²) in [5.74, 6) is -2.40. The van der Waals surface area contributed by atoms with Gasteiger partial charge in [-0.2, -0.15) is 9.97 Å². The number of carbonyl (C=O) groups is 1. The van der Waals surface area contributed by atoms with Crippen molar-refractivity contribution in [3.63, 3.8) is 0 Å².